The number of aromatic nitrogens is 1. The van der Waals surface area contributed by atoms with Crippen LogP contribution in [0.1, 0.15) is 17.3 Å². The molecule has 1 saturated heterocycles. The summed E-state index contributed by atoms with van der Waals surface area (Å²) < 4.78 is 14.6. The third-order valence-corrected chi connectivity index (χ3v) is 3.85. The topological polar surface area (TPSA) is 89.7 Å². The van der Waals surface area contributed by atoms with Crippen molar-refractivity contribution in [3.63, 3.8) is 0 Å². The van der Waals surface area contributed by atoms with E-state index in [-0.39, 0.29) is 11.9 Å². The average molecular weight is 300 g/mol. The zero-order chi connectivity index (χ0) is 14.5. The number of ether oxygens (including phenoxy) is 2. The van der Waals surface area contributed by atoms with Crippen molar-refractivity contribution in [2.24, 2.45) is 0 Å². The minimum absolute atomic E-state index is 0.0899. The Bertz CT molecular complexity index is 466. The Morgan fingerprint density at radius 3 is 3.20 bits per heavy atom. The zero-order valence-corrected chi connectivity index (χ0v) is 12.5. The fraction of sp³-hybridized carbons (Fsp3) is 0.667. The normalized spacial score (nSPS) is 19.8. The highest BCUT2D eigenvalue weighted by Crippen LogP contribution is 2.27. The first-order chi connectivity index (χ1) is 9.61. The van der Waals surface area contributed by atoms with Gasteiger partial charge in [0.15, 0.2) is 5.82 Å². The molecule has 0 radical (unpaired) electrons. The second-order valence-electron chi connectivity index (χ2n) is 4.63. The van der Waals surface area contributed by atoms with Gasteiger partial charge in [0.2, 0.25) is 0 Å². The molecule has 3 N–H and O–H groups in total. The van der Waals surface area contributed by atoms with Gasteiger partial charge in [0, 0.05) is 19.6 Å². The number of nitrogen functional groups attached to an aromatic ring is 1. The van der Waals surface area contributed by atoms with E-state index >= 15 is 0 Å². The highest BCUT2D eigenvalue weighted by atomic mass is 32.1. The standard InChI is InChI=1S/C12H20N4O3S/c1-3-18-12(17)9-10(13)15-20-11(9)14-6-8-7-16(2)4-5-19-8/h8,14H,3-7H2,1-2H3,(H2,13,15). The molecule has 0 saturated carbocycles. The Morgan fingerprint density at radius 1 is 1.70 bits per heavy atom. The number of nitrogens with one attached hydrogen (secondary N) is 1. The van der Waals surface area contributed by atoms with Crippen molar-refractivity contribution in [2.75, 3.05) is 50.9 Å². The number of nitrogens with zero attached hydrogens (tertiary/aromatic N) is 2. The fourth-order valence-corrected chi connectivity index (χ4v) is 2.73. The maximum Gasteiger partial charge on any atom is 0.344 e. The van der Waals surface area contributed by atoms with E-state index in [2.05, 4.69) is 21.6 Å². The van der Waals surface area contributed by atoms with Crippen LogP contribution >= 0.6 is 11.5 Å². The summed E-state index contributed by atoms with van der Waals surface area (Å²) in [5.41, 5.74) is 6.04. The van der Waals surface area contributed by atoms with Crippen LogP contribution < -0.4 is 11.1 Å². The molecule has 20 heavy (non-hydrogen) atoms. The number of esters is 1. The summed E-state index contributed by atoms with van der Waals surface area (Å²) in [5, 5.41) is 3.82. The molecule has 112 valence electrons. The largest absolute Gasteiger partial charge is 0.462 e. The lowest BCUT2D eigenvalue weighted by Crippen LogP contribution is -2.43. The Hall–Kier alpha value is -1.38. The second-order valence-corrected chi connectivity index (χ2v) is 5.40. The predicted octanol–water partition coefficient (Wildman–Crippen LogP) is 0.644. The van der Waals surface area contributed by atoms with E-state index in [9.17, 15) is 4.79 Å². The fourth-order valence-electron chi connectivity index (χ4n) is 2.02. The number of hydrogen-bond acceptors (Lipinski definition) is 8. The van der Waals surface area contributed by atoms with Crippen molar-refractivity contribution in [1.82, 2.24) is 9.27 Å². The van der Waals surface area contributed by atoms with Crippen LogP contribution in [0.15, 0.2) is 0 Å². The smallest absolute Gasteiger partial charge is 0.344 e. The molecule has 0 amide bonds. The maximum absolute atomic E-state index is 11.8. The Balaban J connectivity index is 1.97. The molecule has 2 rings (SSSR count). The van der Waals surface area contributed by atoms with Crippen molar-refractivity contribution in [1.29, 1.82) is 0 Å². The van der Waals surface area contributed by atoms with Crippen molar-refractivity contribution in [2.45, 2.75) is 13.0 Å². The number of likely N-dealkylation sites (N-methyl/N-ethyl adjacent to an activating group) is 1. The SMILES string of the molecule is CCOC(=O)c1c(N)nsc1NCC1CN(C)CCO1. The lowest BCUT2D eigenvalue weighted by molar-refractivity contribution is -0.0117. The highest BCUT2D eigenvalue weighted by Gasteiger charge is 2.22. The molecule has 0 aromatic carbocycles. The number of hydrogen-bond donors (Lipinski definition) is 2. The summed E-state index contributed by atoms with van der Waals surface area (Å²) in [5.74, 6) is -0.236. The van der Waals surface area contributed by atoms with E-state index in [1.54, 1.807) is 6.92 Å². The first-order valence-corrected chi connectivity index (χ1v) is 7.35. The van der Waals surface area contributed by atoms with Crippen molar-refractivity contribution >= 4 is 28.3 Å². The summed E-state index contributed by atoms with van der Waals surface area (Å²) in [6.45, 7) is 5.20. The van der Waals surface area contributed by atoms with Gasteiger partial charge in [-0.3, -0.25) is 0 Å². The van der Waals surface area contributed by atoms with Gasteiger partial charge in [0.1, 0.15) is 10.6 Å². The van der Waals surface area contributed by atoms with Crippen LogP contribution in [-0.4, -0.2) is 61.2 Å². The molecule has 1 aliphatic rings. The number of carbonyl (C=O) groups is 1. The van der Waals surface area contributed by atoms with Gasteiger partial charge in [-0.25, -0.2) is 4.79 Å². The number of anilines is 2. The minimum atomic E-state index is -0.442. The Morgan fingerprint density at radius 2 is 2.50 bits per heavy atom. The molecule has 0 spiro atoms. The maximum atomic E-state index is 11.8. The van der Waals surface area contributed by atoms with Crippen molar-refractivity contribution < 1.29 is 14.3 Å². The second kappa shape index (κ2) is 6.87. The van der Waals surface area contributed by atoms with Gasteiger partial charge in [-0.05, 0) is 25.5 Å². The van der Waals surface area contributed by atoms with Gasteiger partial charge in [0.25, 0.3) is 0 Å². The summed E-state index contributed by atoms with van der Waals surface area (Å²) >= 11 is 1.16. The minimum Gasteiger partial charge on any atom is -0.462 e. The number of nitrogens with two attached hydrogens (primary N) is 1. The third-order valence-electron chi connectivity index (χ3n) is 3.03. The molecular formula is C12H20N4O3S. The van der Waals surface area contributed by atoms with E-state index in [0.29, 0.717) is 23.7 Å². The molecule has 2 heterocycles. The van der Waals surface area contributed by atoms with E-state index in [1.165, 1.54) is 0 Å². The average Bonchev–Trinajstić information content (AvgIpc) is 2.78. The lowest BCUT2D eigenvalue weighted by atomic mass is 10.2. The van der Waals surface area contributed by atoms with E-state index < -0.39 is 5.97 Å². The summed E-state index contributed by atoms with van der Waals surface area (Å²) in [4.78, 5) is 14.0. The van der Waals surface area contributed by atoms with Crippen LogP contribution in [0.4, 0.5) is 10.8 Å². The molecule has 1 unspecified atom stereocenters. The molecule has 1 aromatic rings. The van der Waals surface area contributed by atoms with E-state index in [4.69, 9.17) is 15.2 Å². The molecule has 1 aliphatic heterocycles. The monoisotopic (exact) mass is 300 g/mol. The van der Waals surface area contributed by atoms with Gasteiger partial charge in [-0.1, -0.05) is 0 Å². The molecule has 0 aliphatic carbocycles. The van der Waals surface area contributed by atoms with Crippen molar-refractivity contribution in [3.8, 4) is 0 Å². The molecule has 1 atom stereocenters. The van der Waals surface area contributed by atoms with Crippen LogP contribution in [0.5, 0.6) is 0 Å². The third kappa shape index (κ3) is 3.59. The number of morpholine rings is 1. The van der Waals surface area contributed by atoms with Crippen LogP contribution in [0.2, 0.25) is 0 Å². The molecule has 7 nitrogen and oxygen atoms in total. The van der Waals surface area contributed by atoms with Crippen LogP contribution in [0.3, 0.4) is 0 Å². The zero-order valence-electron chi connectivity index (χ0n) is 11.7. The quantitative estimate of drug-likeness (QED) is 0.771. The number of rotatable bonds is 5. The Labute approximate surface area is 122 Å². The predicted molar refractivity (Wildman–Crippen MR) is 78.2 cm³/mol. The summed E-state index contributed by atoms with van der Waals surface area (Å²) in [6.07, 6.45) is 0.0899. The molecule has 1 aromatic heterocycles. The lowest BCUT2D eigenvalue weighted by Gasteiger charge is -2.30. The van der Waals surface area contributed by atoms with Crippen LogP contribution in [0, 0.1) is 0 Å². The van der Waals surface area contributed by atoms with Gasteiger partial charge in [0.05, 0.1) is 19.3 Å². The molecule has 0 bridgehead atoms. The van der Waals surface area contributed by atoms with Gasteiger partial charge >= 0.3 is 5.97 Å². The van der Waals surface area contributed by atoms with Gasteiger partial charge in [-0.15, -0.1) is 0 Å². The summed E-state index contributed by atoms with van der Waals surface area (Å²) in [7, 11) is 2.06. The highest BCUT2D eigenvalue weighted by molar-refractivity contribution is 7.11. The molecule has 1 fully saturated rings. The van der Waals surface area contributed by atoms with Crippen LogP contribution in [-0.2, 0) is 9.47 Å². The van der Waals surface area contributed by atoms with E-state index in [0.717, 1.165) is 31.2 Å². The molecular weight excluding hydrogens is 280 g/mol. The molecule has 8 heteroatoms. The van der Waals surface area contributed by atoms with E-state index in [1.807, 2.05) is 0 Å². The number of carbonyl (C=O) groups excluding carboxylic acids is 1. The Kier molecular flexibility index (Phi) is 5.16. The first-order valence-electron chi connectivity index (χ1n) is 6.58. The van der Waals surface area contributed by atoms with Gasteiger partial charge in [-0.2, -0.15) is 4.37 Å². The first kappa shape index (κ1) is 15.0. The van der Waals surface area contributed by atoms with Crippen molar-refractivity contribution in [3.05, 3.63) is 5.56 Å². The summed E-state index contributed by atoms with van der Waals surface area (Å²) in [6, 6.07) is 0. The van der Waals surface area contributed by atoms with Crippen LogP contribution in [0.25, 0.3) is 0 Å². The van der Waals surface area contributed by atoms with Gasteiger partial charge < -0.3 is 25.4 Å².